The van der Waals surface area contributed by atoms with E-state index < -0.39 is 24.6 Å². The number of hydrogen-bond acceptors (Lipinski definition) is 5. The second kappa shape index (κ2) is 4.15. The zero-order chi connectivity index (χ0) is 9.14. The third kappa shape index (κ3) is 1.94. The summed E-state index contributed by atoms with van der Waals surface area (Å²) < 4.78 is 9.81. The summed E-state index contributed by atoms with van der Waals surface area (Å²) in [6, 6.07) is 0. The summed E-state index contributed by atoms with van der Waals surface area (Å²) in [6.45, 7) is 2.32. The summed E-state index contributed by atoms with van der Waals surface area (Å²) in [6.07, 6.45) is -4.21. The molecule has 0 spiro atoms. The molecule has 0 aliphatic carbocycles. The van der Waals surface area contributed by atoms with Crippen molar-refractivity contribution in [2.24, 2.45) is 0 Å². The van der Waals surface area contributed by atoms with Crippen molar-refractivity contribution in [3.63, 3.8) is 0 Å². The van der Waals surface area contributed by atoms with E-state index in [2.05, 4.69) is 0 Å². The molecule has 1 aliphatic rings. The Morgan fingerprint density at radius 3 is 2.58 bits per heavy atom. The van der Waals surface area contributed by atoms with Gasteiger partial charge in [0.05, 0.1) is 6.61 Å². The summed E-state index contributed by atoms with van der Waals surface area (Å²) in [5.41, 5.74) is 0. The monoisotopic (exact) mass is 178 g/mol. The van der Waals surface area contributed by atoms with Crippen LogP contribution >= 0.6 is 0 Å². The molecule has 0 saturated carbocycles. The van der Waals surface area contributed by atoms with Crippen LogP contribution in [0.25, 0.3) is 0 Å². The average Bonchev–Trinajstić information content (AvgIpc) is 2.07. The Labute approximate surface area is 70.5 Å². The second-order valence-corrected chi connectivity index (χ2v) is 2.70. The van der Waals surface area contributed by atoms with Crippen molar-refractivity contribution in [1.29, 1.82) is 0 Å². The highest BCUT2D eigenvalue weighted by Crippen LogP contribution is 2.15. The van der Waals surface area contributed by atoms with Crippen LogP contribution in [0, 0.1) is 0 Å². The molecule has 0 aromatic rings. The Kier molecular flexibility index (Phi) is 3.42. The normalized spacial score (nSPS) is 43.0. The highest BCUT2D eigenvalue weighted by molar-refractivity contribution is 4.82. The van der Waals surface area contributed by atoms with Gasteiger partial charge in [0.1, 0.15) is 18.3 Å². The molecule has 0 radical (unpaired) electrons. The molecule has 1 rings (SSSR count). The van der Waals surface area contributed by atoms with Crippen LogP contribution in [0.3, 0.4) is 0 Å². The van der Waals surface area contributed by atoms with E-state index >= 15 is 0 Å². The van der Waals surface area contributed by atoms with E-state index in [1.807, 2.05) is 0 Å². The lowest BCUT2D eigenvalue weighted by Crippen LogP contribution is -2.53. The molecule has 72 valence electrons. The maximum Gasteiger partial charge on any atom is 0.183 e. The highest BCUT2D eigenvalue weighted by atomic mass is 16.6. The molecule has 0 amide bonds. The Balaban J connectivity index is 2.46. The fraction of sp³-hybridized carbons (Fsp3) is 1.00. The summed E-state index contributed by atoms with van der Waals surface area (Å²) in [4.78, 5) is 0. The van der Waals surface area contributed by atoms with E-state index in [4.69, 9.17) is 19.7 Å². The highest BCUT2D eigenvalue weighted by Gasteiger charge is 2.37. The number of ether oxygens (including phenoxy) is 2. The lowest BCUT2D eigenvalue weighted by atomic mass is 10.1. The Morgan fingerprint density at radius 2 is 2.00 bits per heavy atom. The van der Waals surface area contributed by atoms with Gasteiger partial charge in [-0.05, 0) is 6.92 Å². The zero-order valence-electron chi connectivity index (χ0n) is 6.88. The van der Waals surface area contributed by atoms with Crippen LogP contribution in [0.2, 0.25) is 0 Å². The molecule has 0 aromatic carbocycles. The summed E-state index contributed by atoms with van der Waals surface area (Å²) in [5, 5.41) is 27.4. The SMILES string of the molecule is CCO[C@@H]1CO[C@@H](O)C(O)C1O. The Morgan fingerprint density at radius 1 is 1.33 bits per heavy atom. The predicted molar refractivity (Wildman–Crippen MR) is 39.4 cm³/mol. The molecular formula is C7H14O5. The van der Waals surface area contributed by atoms with Crippen molar-refractivity contribution in [1.82, 2.24) is 0 Å². The minimum Gasteiger partial charge on any atom is -0.387 e. The van der Waals surface area contributed by atoms with E-state index in [9.17, 15) is 5.11 Å². The van der Waals surface area contributed by atoms with Crippen molar-refractivity contribution in [3.05, 3.63) is 0 Å². The lowest BCUT2D eigenvalue weighted by Gasteiger charge is -2.34. The van der Waals surface area contributed by atoms with E-state index in [1.165, 1.54) is 0 Å². The average molecular weight is 178 g/mol. The molecule has 5 heteroatoms. The topological polar surface area (TPSA) is 79.2 Å². The first-order valence-electron chi connectivity index (χ1n) is 3.94. The maximum absolute atomic E-state index is 9.32. The Hall–Kier alpha value is -0.200. The predicted octanol–water partition coefficient (Wildman–Crippen LogP) is -1.54. The van der Waals surface area contributed by atoms with Gasteiger partial charge in [0.2, 0.25) is 0 Å². The van der Waals surface area contributed by atoms with Gasteiger partial charge in [0.25, 0.3) is 0 Å². The molecule has 3 N–H and O–H groups in total. The van der Waals surface area contributed by atoms with Gasteiger partial charge >= 0.3 is 0 Å². The van der Waals surface area contributed by atoms with Gasteiger partial charge in [0.15, 0.2) is 6.29 Å². The Bertz CT molecular complexity index is 140. The molecule has 1 aliphatic heterocycles. The van der Waals surface area contributed by atoms with Crippen molar-refractivity contribution in [3.8, 4) is 0 Å². The van der Waals surface area contributed by atoms with Gasteiger partial charge in [-0.3, -0.25) is 0 Å². The summed E-state index contributed by atoms with van der Waals surface area (Å²) in [7, 11) is 0. The lowest BCUT2D eigenvalue weighted by molar-refractivity contribution is -0.259. The quantitative estimate of drug-likeness (QED) is 0.477. The maximum atomic E-state index is 9.32. The van der Waals surface area contributed by atoms with Gasteiger partial charge in [0, 0.05) is 6.61 Å². The van der Waals surface area contributed by atoms with Crippen LogP contribution in [-0.2, 0) is 9.47 Å². The van der Waals surface area contributed by atoms with Gasteiger partial charge in [-0.2, -0.15) is 0 Å². The number of aliphatic hydroxyl groups excluding tert-OH is 3. The molecule has 0 aromatic heterocycles. The first kappa shape index (κ1) is 9.88. The van der Waals surface area contributed by atoms with Crippen LogP contribution in [0.1, 0.15) is 6.92 Å². The van der Waals surface area contributed by atoms with E-state index in [-0.39, 0.29) is 6.61 Å². The smallest absolute Gasteiger partial charge is 0.183 e. The second-order valence-electron chi connectivity index (χ2n) is 2.70. The third-order valence-corrected chi connectivity index (χ3v) is 1.83. The molecule has 5 nitrogen and oxygen atoms in total. The first-order valence-corrected chi connectivity index (χ1v) is 3.94. The minimum absolute atomic E-state index is 0.104. The summed E-state index contributed by atoms with van der Waals surface area (Å²) >= 11 is 0. The fourth-order valence-electron chi connectivity index (χ4n) is 1.14. The minimum atomic E-state index is -1.31. The first-order chi connectivity index (χ1) is 5.66. The van der Waals surface area contributed by atoms with Crippen molar-refractivity contribution < 1.29 is 24.8 Å². The molecule has 4 atom stereocenters. The van der Waals surface area contributed by atoms with Crippen LogP contribution in [0.4, 0.5) is 0 Å². The van der Waals surface area contributed by atoms with Gasteiger partial charge < -0.3 is 24.8 Å². The molecular weight excluding hydrogens is 164 g/mol. The number of hydrogen-bond donors (Lipinski definition) is 3. The zero-order valence-corrected chi connectivity index (χ0v) is 6.88. The molecule has 0 bridgehead atoms. The fourth-order valence-corrected chi connectivity index (χ4v) is 1.14. The van der Waals surface area contributed by atoms with E-state index in [0.29, 0.717) is 6.61 Å². The van der Waals surface area contributed by atoms with Crippen LogP contribution in [0.15, 0.2) is 0 Å². The van der Waals surface area contributed by atoms with Crippen molar-refractivity contribution in [2.45, 2.75) is 31.5 Å². The number of aliphatic hydroxyl groups is 3. The van der Waals surface area contributed by atoms with Gasteiger partial charge in [-0.1, -0.05) is 0 Å². The van der Waals surface area contributed by atoms with Crippen molar-refractivity contribution in [2.75, 3.05) is 13.2 Å². The van der Waals surface area contributed by atoms with Crippen LogP contribution < -0.4 is 0 Å². The standard InChI is InChI=1S/C7H14O5/c1-2-11-4-3-12-7(10)6(9)5(4)8/h4-10H,2-3H2,1H3/t4-,5?,6?,7-/m1/s1. The van der Waals surface area contributed by atoms with Crippen LogP contribution in [-0.4, -0.2) is 53.1 Å². The molecule has 12 heavy (non-hydrogen) atoms. The van der Waals surface area contributed by atoms with E-state index in [0.717, 1.165) is 0 Å². The molecule has 1 saturated heterocycles. The van der Waals surface area contributed by atoms with Crippen molar-refractivity contribution >= 4 is 0 Å². The van der Waals surface area contributed by atoms with Crippen LogP contribution in [0.5, 0.6) is 0 Å². The largest absolute Gasteiger partial charge is 0.387 e. The summed E-state index contributed by atoms with van der Waals surface area (Å²) in [5.74, 6) is 0. The molecule has 1 heterocycles. The van der Waals surface area contributed by atoms with E-state index in [1.54, 1.807) is 6.92 Å². The van der Waals surface area contributed by atoms with Gasteiger partial charge in [-0.15, -0.1) is 0 Å². The molecule has 1 fully saturated rings. The third-order valence-electron chi connectivity index (χ3n) is 1.83. The number of rotatable bonds is 2. The molecule has 2 unspecified atom stereocenters. The van der Waals surface area contributed by atoms with Gasteiger partial charge in [-0.25, -0.2) is 0 Å².